The molecule has 0 aromatic rings. The smallest absolute Gasteiger partial charge is 0.329 e. The number of rotatable bonds is 5. The summed E-state index contributed by atoms with van der Waals surface area (Å²) in [5.41, 5.74) is 1.11. The van der Waals surface area contributed by atoms with E-state index in [9.17, 15) is 44.7 Å². The predicted molar refractivity (Wildman–Crippen MR) is 205 cm³/mol. The number of cyclic esters (lactones) is 1. The molecule has 1 amide bonds. The molecule has 2 bridgehead atoms. The van der Waals surface area contributed by atoms with Gasteiger partial charge in [-0.05, 0) is 94.6 Å². The predicted octanol–water partition coefficient (Wildman–Crippen LogP) is 2.79. The molecule has 5 N–H and O–H groups in total. The minimum atomic E-state index is -2.58. The average molecular weight is 794 g/mol. The van der Waals surface area contributed by atoms with E-state index in [1.54, 1.807) is 33.8 Å². The molecule has 15 unspecified atom stereocenters. The van der Waals surface area contributed by atoms with Crippen LogP contribution in [0.25, 0.3) is 0 Å². The molecule has 15 atom stereocenters. The van der Waals surface area contributed by atoms with Gasteiger partial charge in [0.2, 0.25) is 5.79 Å². The molecule has 3 fully saturated rings. The van der Waals surface area contributed by atoms with Crippen LogP contribution in [-0.2, 0) is 38.1 Å². The number of aliphatic hydroxyl groups is 5. The number of hydrogen-bond acceptors (Lipinski definition) is 13. The molecule has 0 spiro atoms. The van der Waals surface area contributed by atoms with E-state index in [2.05, 4.69) is 0 Å². The number of carbonyl (C=O) groups is 4. The number of hydrogen-bond donors (Lipinski definition) is 5. The minimum absolute atomic E-state index is 0.0498. The molecule has 2 saturated heterocycles. The molecule has 318 valence electrons. The lowest BCUT2D eigenvalue weighted by molar-refractivity contribution is -0.302. The van der Waals surface area contributed by atoms with Crippen molar-refractivity contribution in [2.75, 3.05) is 20.8 Å². The van der Waals surface area contributed by atoms with E-state index in [1.807, 2.05) is 19.9 Å². The SMILES string of the molecule is CCC1/C=C(\C)C(O)C(C)CC(OC)C2OC(O)(C(=O)C(=O)N3CCCCC3C(=O)OC(C(C)=CC3CCC(O)C(O)C3)C(C)C(O)CC1=O)C(C)CC2OC. The Hall–Kier alpha value is -2.56. The highest BCUT2D eigenvalue weighted by Crippen LogP contribution is 2.39. The summed E-state index contributed by atoms with van der Waals surface area (Å²) in [4.78, 5) is 57.5. The number of piperidine rings is 1. The number of carbonyl (C=O) groups excluding carboxylic acids is 4. The van der Waals surface area contributed by atoms with Gasteiger partial charge in [0.15, 0.2) is 0 Å². The monoisotopic (exact) mass is 793 g/mol. The number of fused-ring (bicyclic) bond motifs is 3. The van der Waals surface area contributed by atoms with Crippen molar-refractivity contribution in [2.24, 2.45) is 29.6 Å². The van der Waals surface area contributed by atoms with Crippen molar-refractivity contribution in [3.05, 3.63) is 23.3 Å². The molecule has 14 heteroatoms. The largest absolute Gasteiger partial charge is 0.456 e. The van der Waals surface area contributed by atoms with Crippen LogP contribution in [0.4, 0.5) is 0 Å². The van der Waals surface area contributed by atoms with Gasteiger partial charge in [0.25, 0.3) is 11.7 Å². The third-order valence-electron chi connectivity index (χ3n) is 12.9. The number of amides is 1. The van der Waals surface area contributed by atoms with E-state index in [-0.39, 0.29) is 50.4 Å². The zero-order valence-corrected chi connectivity index (χ0v) is 34.5. The average Bonchev–Trinajstić information content (AvgIpc) is 3.18. The van der Waals surface area contributed by atoms with Gasteiger partial charge in [0.1, 0.15) is 24.0 Å². The Bertz CT molecular complexity index is 1450. The highest BCUT2D eigenvalue weighted by atomic mass is 16.7. The van der Waals surface area contributed by atoms with Crippen molar-refractivity contribution in [2.45, 2.75) is 166 Å². The van der Waals surface area contributed by atoms with E-state index in [0.29, 0.717) is 43.3 Å². The number of esters is 1. The molecule has 0 aromatic carbocycles. The Balaban J connectivity index is 1.79. The van der Waals surface area contributed by atoms with Gasteiger partial charge in [-0.3, -0.25) is 14.4 Å². The summed E-state index contributed by atoms with van der Waals surface area (Å²) in [5.74, 6) is -8.86. The molecule has 1 saturated carbocycles. The lowest BCUT2D eigenvalue weighted by Crippen LogP contribution is -2.64. The zero-order chi connectivity index (χ0) is 41.6. The first-order valence-corrected chi connectivity index (χ1v) is 20.5. The van der Waals surface area contributed by atoms with Gasteiger partial charge < -0.3 is 49.4 Å². The highest BCUT2D eigenvalue weighted by molar-refractivity contribution is 6.39. The summed E-state index contributed by atoms with van der Waals surface area (Å²) >= 11 is 0. The first-order valence-electron chi connectivity index (χ1n) is 20.5. The van der Waals surface area contributed by atoms with E-state index < -0.39 is 102 Å². The summed E-state index contributed by atoms with van der Waals surface area (Å²) < 4.78 is 23.9. The van der Waals surface area contributed by atoms with Gasteiger partial charge in [-0.1, -0.05) is 39.8 Å². The number of ketones is 2. The number of Topliss-reactive ketones (excluding diaryl/α,β-unsaturated/α-hetero) is 2. The summed E-state index contributed by atoms with van der Waals surface area (Å²) in [6.45, 7) is 10.4. The number of aliphatic hydroxyl groups excluding tert-OH is 4. The number of methoxy groups -OCH3 is 2. The van der Waals surface area contributed by atoms with Crippen molar-refractivity contribution >= 4 is 23.4 Å². The number of ether oxygens (including phenoxy) is 4. The van der Waals surface area contributed by atoms with Crippen molar-refractivity contribution < 1.29 is 63.7 Å². The van der Waals surface area contributed by atoms with Crippen LogP contribution in [0.2, 0.25) is 0 Å². The molecule has 14 nitrogen and oxygen atoms in total. The summed E-state index contributed by atoms with van der Waals surface area (Å²) in [6, 6.07) is -1.18. The second-order valence-corrected chi connectivity index (χ2v) is 17.0. The molecular weight excluding hydrogens is 726 g/mol. The van der Waals surface area contributed by atoms with E-state index in [0.717, 1.165) is 4.90 Å². The Morgan fingerprint density at radius 1 is 0.929 bits per heavy atom. The van der Waals surface area contributed by atoms with Gasteiger partial charge in [-0.25, -0.2) is 4.79 Å². The van der Waals surface area contributed by atoms with Crippen LogP contribution >= 0.6 is 0 Å². The van der Waals surface area contributed by atoms with Crippen molar-refractivity contribution in [1.82, 2.24) is 4.90 Å². The fraction of sp³-hybridized carbons (Fsp3) is 0.810. The molecule has 3 heterocycles. The lowest BCUT2D eigenvalue weighted by atomic mass is 9.81. The van der Waals surface area contributed by atoms with Crippen molar-refractivity contribution in [3.8, 4) is 0 Å². The van der Waals surface area contributed by atoms with Crippen LogP contribution in [0.5, 0.6) is 0 Å². The van der Waals surface area contributed by atoms with Crippen LogP contribution in [-0.4, -0.2) is 135 Å². The lowest BCUT2D eigenvalue weighted by Gasteiger charge is -2.47. The number of allylic oxidation sites excluding steroid dienone is 2. The fourth-order valence-corrected chi connectivity index (χ4v) is 9.08. The quantitative estimate of drug-likeness (QED) is 0.154. The molecule has 0 radical (unpaired) electrons. The van der Waals surface area contributed by atoms with Crippen LogP contribution in [0.15, 0.2) is 23.3 Å². The van der Waals surface area contributed by atoms with Crippen LogP contribution in [0.3, 0.4) is 0 Å². The normalized spacial score (nSPS) is 42.9. The van der Waals surface area contributed by atoms with Crippen LogP contribution in [0, 0.1) is 29.6 Å². The Morgan fingerprint density at radius 2 is 1.59 bits per heavy atom. The Kier molecular flexibility index (Phi) is 16.4. The van der Waals surface area contributed by atoms with Crippen molar-refractivity contribution in [3.63, 3.8) is 0 Å². The van der Waals surface area contributed by atoms with Crippen LogP contribution in [0.1, 0.15) is 106 Å². The first-order chi connectivity index (χ1) is 26.4. The standard InChI is InChI=1S/C42H67NO13/c1-9-28-17-22(2)36(48)23(3)18-34(53-7)38-35(54-8)19-25(5)42(52,56-38)39(49)40(50)43-15-11-10-12-29(43)41(51)55-37(26(6)31(45)21-32(28)46)24(4)16-27-13-14-30(44)33(47)20-27/h16-17,23,25-31,33-38,44-45,47-48,52H,9-15,18-21H2,1-8H3/b22-17+,24-16?. The van der Waals surface area contributed by atoms with E-state index in [1.165, 1.54) is 14.2 Å². The summed E-state index contributed by atoms with van der Waals surface area (Å²) in [6.07, 6.45) is -0.938. The maximum absolute atomic E-state index is 14.2. The van der Waals surface area contributed by atoms with E-state index >= 15 is 0 Å². The maximum Gasteiger partial charge on any atom is 0.329 e. The summed E-state index contributed by atoms with van der Waals surface area (Å²) in [7, 11) is 2.93. The first kappa shape index (κ1) is 46.1. The Morgan fingerprint density at radius 3 is 2.21 bits per heavy atom. The van der Waals surface area contributed by atoms with Gasteiger partial charge in [0.05, 0.1) is 36.6 Å². The molecule has 4 aliphatic rings. The van der Waals surface area contributed by atoms with Gasteiger partial charge in [0, 0.05) is 44.9 Å². The molecule has 0 aromatic heterocycles. The topological polar surface area (TPSA) is 210 Å². The van der Waals surface area contributed by atoms with E-state index in [4.69, 9.17) is 18.9 Å². The third-order valence-corrected chi connectivity index (χ3v) is 12.9. The highest BCUT2D eigenvalue weighted by Gasteiger charge is 2.56. The molecule has 3 aliphatic heterocycles. The van der Waals surface area contributed by atoms with Gasteiger partial charge in [-0.2, -0.15) is 0 Å². The maximum atomic E-state index is 14.2. The van der Waals surface area contributed by atoms with Crippen molar-refractivity contribution in [1.29, 1.82) is 0 Å². The molecular formula is C42H67NO13. The van der Waals surface area contributed by atoms with Crippen LogP contribution < -0.4 is 0 Å². The molecule has 1 aliphatic carbocycles. The molecule has 56 heavy (non-hydrogen) atoms. The minimum Gasteiger partial charge on any atom is -0.456 e. The zero-order valence-electron chi connectivity index (χ0n) is 34.5. The van der Waals surface area contributed by atoms with Gasteiger partial charge >= 0.3 is 5.97 Å². The second-order valence-electron chi connectivity index (χ2n) is 17.0. The Labute approximate surface area is 331 Å². The fourth-order valence-electron chi connectivity index (χ4n) is 9.08. The third kappa shape index (κ3) is 10.4. The molecule has 4 rings (SSSR count). The second kappa shape index (κ2) is 19.9. The summed E-state index contributed by atoms with van der Waals surface area (Å²) in [5, 5.41) is 55.5. The van der Waals surface area contributed by atoms with Gasteiger partial charge in [-0.15, -0.1) is 0 Å². The number of nitrogens with zero attached hydrogens (tertiary/aromatic N) is 1.